The van der Waals surface area contributed by atoms with Crippen LogP contribution in [0, 0.1) is 25.2 Å². The second kappa shape index (κ2) is 8.02. The van der Waals surface area contributed by atoms with E-state index in [-0.39, 0.29) is 5.91 Å². The molecule has 7 heteroatoms. The lowest BCUT2D eigenvalue weighted by molar-refractivity contribution is -0.121. The first-order valence-corrected chi connectivity index (χ1v) is 10.4. The lowest BCUT2D eigenvalue weighted by Gasteiger charge is -2.11. The highest BCUT2D eigenvalue weighted by atomic mass is 32.1. The minimum Gasteiger partial charge on any atom is -0.356 e. The van der Waals surface area contributed by atoms with Crippen molar-refractivity contribution in [1.82, 2.24) is 19.9 Å². The number of fused-ring (bicyclic) bond motifs is 2. The topological polar surface area (TPSA) is 83.1 Å². The molecule has 0 radical (unpaired) electrons. The van der Waals surface area contributed by atoms with Crippen molar-refractivity contribution < 1.29 is 4.79 Å². The standard InChI is InChI=1S/C22H21N5OS/c1-14-18(15(2)27-22(26-14)17(11-23)12-25-27)7-8-21(28)24-10-9-16-13-29-20-6-4-3-5-19(16)20/h3-6,12-13H,7-10H2,1-2H3,(H,24,28). The van der Waals surface area contributed by atoms with E-state index in [9.17, 15) is 4.79 Å². The second-order valence-corrected chi connectivity index (χ2v) is 7.93. The molecule has 0 saturated carbocycles. The number of carbonyl (C=O) groups is 1. The monoisotopic (exact) mass is 403 g/mol. The van der Waals surface area contributed by atoms with Crippen LogP contribution in [0.4, 0.5) is 0 Å². The Bertz CT molecular complexity index is 1250. The van der Waals surface area contributed by atoms with Gasteiger partial charge in [-0.05, 0) is 54.6 Å². The second-order valence-electron chi connectivity index (χ2n) is 7.02. The van der Waals surface area contributed by atoms with Gasteiger partial charge < -0.3 is 5.32 Å². The van der Waals surface area contributed by atoms with Crippen molar-refractivity contribution in [2.75, 3.05) is 6.54 Å². The van der Waals surface area contributed by atoms with Gasteiger partial charge in [-0.2, -0.15) is 10.4 Å². The molecular weight excluding hydrogens is 382 g/mol. The number of nitriles is 1. The smallest absolute Gasteiger partial charge is 0.220 e. The average Bonchev–Trinajstić information content (AvgIpc) is 3.32. The lowest BCUT2D eigenvalue weighted by Crippen LogP contribution is -2.26. The van der Waals surface area contributed by atoms with Gasteiger partial charge in [0.25, 0.3) is 0 Å². The summed E-state index contributed by atoms with van der Waals surface area (Å²) in [4.78, 5) is 16.9. The number of aromatic nitrogens is 3. The molecule has 3 aromatic heterocycles. The van der Waals surface area contributed by atoms with Crippen molar-refractivity contribution in [2.24, 2.45) is 0 Å². The number of nitrogens with one attached hydrogen (secondary N) is 1. The maximum atomic E-state index is 12.4. The number of hydrogen-bond acceptors (Lipinski definition) is 5. The Morgan fingerprint density at radius 1 is 1.28 bits per heavy atom. The fourth-order valence-corrected chi connectivity index (χ4v) is 4.64. The van der Waals surface area contributed by atoms with Gasteiger partial charge in [-0.1, -0.05) is 18.2 Å². The molecule has 0 saturated heterocycles. The van der Waals surface area contributed by atoms with Gasteiger partial charge in [0.15, 0.2) is 5.65 Å². The zero-order valence-electron chi connectivity index (χ0n) is 16.4. The van der Waals surface area contributed by atoms with Gasteiger partial charge in [-0.15, -0.1) is 11.3 Å². The molecule has 146 valence electrons. The maximum Gasteiger partial charge on any atom is 0.220 e. The Hall–Kier alpha value is -3.24. The van der Waals surface area contributed by atoms with Crippen LogP contribution < -0.4 is 5.32 Å². The third kappa shape index (κ3) is 3.71. The van der Waals surface area contributed by atoms with E-state index in [0.29, 0.717) is 30.6 Å². The number of rotatable bonds is 6. The quantitative estimate of drug-likeness (QED) is 0.532. The van der Waals surface area contributed by atoms with E-state index in [1.54, 1.807) is 15.9 Å². The van der Waals surface area contributed by atoms with E-state index in [0.717, 1.165) is 23.4 Å². The van der Waals surface area contributed by atoms with Crippen LogP contribution >= 0.6 is 11.3 Å². The number of thiophene rings is 1. The lowest BCUT2D eigenvalue weighted by atomic mass is 10.1. The van der Waals surface area contributed by atoms with Crippen LogP contribution in [0.1, 0.15) is 34.5 Å². The van der Waals surface area contributed by atoms with E-state index >= 15 is 0 Å². The number of nitrogens with zero attached hydrogens (tertiary/aromatic N) is 4. The van der Waals surface area contributed by atoms with Gasteiger partial charge in [0, 0.05) is 29.1 Å². The summed E-state index contributed by atoms with van der Waals surface area (Å²) in [6.45, 7) is 4.49. The molecule has 0 spiro atoms. The van der Waals surface area contributed by atoms with Crippen molar-refractivity contribution in [1.29, 1.82) is 5.26 Å². The summed E-state index contributed by atoms with van der Waals surface area (Å²) in [6, 6.07) is 10.5. The van der Waals surface area contributed by atoms with Gasteiger partial charge in [-0.25, -0.2) is 9.50 Å². The molecule has 0 aliphatic heterocycles. The molecule has 3 heterocycles. The van der Waals surface area contributed by atoms with Gasteiger partial charge >= 0.3 is 0 Å². The Kier molecular flexibility index (Phi) is 5.28. The molecule has 0 atom stereocenters. The highest BCUT2D eigenvalue weighted by Crippen LogP contribution is 2.25. The van der Waals surface area contributed by atoms with E-state index < -0.39 is 0 Å². The third-order valence-corrected chi connectivity index (χ3v) is 6.22. The molecule has 29 heavy (non-hydrogen) atoms. The third-order valence-electron chi connectivity index (χ3n) is 5.21. The molecule has 0 bridgehead atoms. The maximum absolute atomic E-state index is 12.4. The van der Waals surface area contributed by atoms with Crippen molar-refractivity contribution in [3.8, 4) is 6.07 Å². The van der Waals surface area contributed by atoms with Crippen LogP contribution in [0.3, 0.4) is 0 Å². The molecule has 1 N–H and O–H groups in total. The largest absolute Gasteiger partial charge is 0.356 e. The first-order chi connectivity index (χ1) is 14.1. The van der Waals surface area contributed by atoms with Crippen molar-refractivity contribution in [3.05, 3.63) is 63.9 Å². The summed E-state index contributed by atoms with van der Waals surface area (Å²) in [5.41, 5.74) is 5.07. The Morgan fingerprint density at radius 3 is 2.93 bits per heavy atom. The number of benzene rings is 1. The van der Waals surface area contributed by atoms with Gasteiger partial charge in [0.05, 0.1) is 6.20 Å². The summed E-state index contributed by atoms with van der Waals surface area (Å²) >= 11 is 1.74. The summed E-state index contributed by atoms with van der Waals surface area (Å²) < 4.78 is 2.96. The summed E-state index contributed by atoms with van der Waals surface area (Å²) in [5.74, 6) is 0.0293. The fraction of sp³-hybridized carbons (Fsp3) is 0.273. The van der Waals surface area contributed by atoms with Crippen LogP contribution in [-0.2, 0) is 17.6 Å². The van der Waals surface area contributed by atoms with Crippen molar-refractivity contribution in [3.63, 3.8) is 0 Å². The van der Waals surface area contributed by atoms with E-state index in [1.807, 2.05) is 26.0 Å². The molecule has 4 aromatic rings. The van der Waals surface area contributed by atoms with E-state index in [1.165, 1.54) is 21.8 Å². The van der Waals surface area contributed by atoms with E-state index in [2.05, 4.69) is 39.0 Å². The van der Waals surface area contributed by atoms with Crippen molar-refractivity contribution >= 4 is 33.0 Å². The Morgan fingerprint density at radius 2 is 2.10 bits per heavy atom. The highest BCUT2D eigenvalue weighted by Gasteiger charge is 2.14. The van der Waals surface area contributed by atoms with Gasteiger partial charge in [0.1, 0.15) is 11.6 Å². The molecule has 1 amide bonds. The number of amides is 1. The minimum absolute atomic E-state index is 0.0293. The van der Waals surface area contributed by atoms with Gasteiger partial charge in [-0.3, -0.25) is 4.79 Å². The Labute approximate surface area is 172 Å². The molecule has 4 rings (SSSR count). The normalized spacial score (nSPS) is 11.1. The van der Waals surface area contributed by atoms with E-state index in [4.69, 9.17) is 5.26 Å². The summed E-state index contributed by atoms with van der Waals surface area (Å²) in [7, 11) is 0. The van der Waals surface area contributed by atoms with Crippen LogP contribution in [0.15, 0.2) is 35.8 Å². The van der Waals surface area contributed by atoms with Crippen molar-refractivity contribution in [2.45, 2.75) is 33.1 Å². The van der Waals surface area contributed by atoms with Crippen LogP contribution in [0.5, 0.6) is 0 Å². The molecule has 1 aromatic carbocycles. The molecule has 0 aliphatic carbocycles. The predicted octanol–water partition coefficient (Wildman–Crippen LogP) is 3.72. The fourth-order valence-electron chi connectivity index (χ4n) is 3.64. The van der Waals surface area contributed by atoms with Crippen LogP contribution in [-0.4, -0.2) is 27.0 Å². The molecule has 0 aliphatic rings. The van der Waals surface area contributed by atoms with Gasteiger partial charge in [0.2, 0.25) is 5.91 Å². The number of carbonyl (C=O) groups excluding carboxylic acids is 1. The highest BCUT2D eigenvalue weighted by molar-refractivity contribution is 7.17. The predicted molar refractivity (Wildman–Crippen MR) is 114 cm³/mol. The number of aryl methyl sites for hydroxylation is 2. The average molecular weight is 404 g/mol. The SMILES string of the molecule is Cc1nc2c(C#N)cnn2c(C)c1CCC(=O)NCCc1csc2ccccc12. The molecule has 0 unspecified atom stereocenters. The molecular formula is C22H21N5OS. The zero-order valence-corrected chi connectivity index (χ0v) is 17.2. The van der Waals surface area contributed by atoms with Crippen LogP contribution in [0.2, 0.25) is 0 Å². The number of hydrogen-bond donors (Lipinski definition) is 1. The first-order valence-electron chi connectivity index (χ1n) is 9.54. The van der Waals surface area contributed by atoms with Crippen LogP contribution in [0.25, 0.3) is 15.7 Å². The Balaban J connectivity index is 1.37. The zero-order chi connectivity index (χ0) is 20.4. The minimum atomic E-state index is 0.0293. The summed E-state index contributed by atoms with van der Waals surface area (Å²) in [6.07, 6.45) is 3.34. The first kappa shape index (κ1) is 19.1. The molecule has 6 nitrogen and oxygen atoms in total. The summed E-state index contributed by atoms with van der Waals surface area (Å²) in [5, 5.41) is 19.9. The molecule has 0 fully saturated rings.